The van der Waals surface area contributed by atoms with Gasteiger partial charge in [-0.1, -0.05) is 53.8 Å². The molecule has 0 atom stereocenters. The first-order valence-corrected chi connectivity index (χ1v) is 11.0. The van der Waals surface area contributed by atoms with Gasteiger partial charge in [0, 0.05) is 16.7 Å². The smallest absolute Gasteiger partial charge is 0.338 e. The minimum Gasteiger partial charge on any atom is -0.462 e. The van der Waals surface area contributed by atoms with Gasteiger partial charge in [-0.2, -0.15) is 0 Å². The van der Waals surface area contributed by atoms with Gasteiger partial charge in [0.1, 0.15) is 11.5 Å². The predicted molar refractivity (Wildman–Crippen MR) is 127 cm³/mol. The van der Waals surface area contributed by atoms with Crippen molar-refractivity contribution in [2.75, 3.05) is 11.5 Å². The van der Waals surface area contributed by atoms with Gasteiger partial charge in [0.05, 0.1) is 22.8 Å². The van der Waals surface area contributed by atoms with Gasteiger partial charge >= 0.3 is 5.97 Å². The Kier molecular flexibility index (Phi) is 6.27. The lowest BCUT2D eigenvalue weighted by Crippen LogP contribution is -2.27. The van der Waals surface area contributed by atoms with E-state index in [2.05, 4.69) is 0 Å². The Bertz CT molecular complexity index is 1200. The molecule has 1 aliphatic rings. The van der Waals surface area contributed by atoms with Crippen LogP contribution in [-0.4, -0.2) is 22.8 Å². The molecule has 0 radical (unpaired) electrons. The third-order valence-electron chi connectivity index (χ3n) is 4.44. The normalized spacial score (nSPS) is 15.0. The van der Waals surface area contributed by atoms with E-state index < -0.39 is 0 Å². The summed E-state index contributed by atoms with van der Waals surface area (Å²) in [5, 5.41) is 0.528. The summed E-state index contributed by atoms with van der Waals surface area (Å²) in [5.74, 6) is 0.549. The predicted octanol–water partition coefficient (Wildman–Crippen LogP) is 6.18. The van der Waals surface area contributed by atoms with E-state index >= 15 is 0 Å². The first-order valence-electron chi connectivity index (χ1n) is 9.37. The van der Waals surface area contributed by atoms with Gasteiger partial charge in [-0.05, 0) is 49.4 Å². The van der Waals surface area contributed by atoms with Gasteiger partial charge in [-0.15, -0.1) is 0 Å². The van der Waals surface area contributed by atoms with E-state index in [0.717, 1.165) is 5.56 Å². The van der Waals surface area contributed by atoms with E-state index in [4.69, 9.17) is 33.0 Å². The number of furan rings is 1. The largest absolute Gasteiger partial charge is 0.462 e. The number of nitrogens with zero attached hydrogens (tertiary/aromatic N) is 1. The summed E-state index contributed by atoms with van der Waals surface area (Å²) in [5.41, 5.74) is 1.90. The summed E-state index contributed by atoms with van der Waals surface area (Å²) in [6.45, 7) is 2.09. The highest BCUT2D eigenvalue weighted by molar-refractivity contribution is 8.27. The van der Waals surface area contributed by atoms with Crippen molar-refractivity contribution >= 4 is 63.5 Å². The van der Waals surface area contributed by atoms with Crippen LogP contribution in [0.1, 0.15) is 23.0 Å². The highest BCUT2D eigenvalue weighted by Gasteiger charge is 2.33. The Morgan fingerprint density at radius 2 is 1.97 bits per heavy atom. The SMILES string of the molecule is CCOC(=O)c1ccc(-c2ccc(/C=C3/SC(=S)N(c4cccc(Cl)c4)C3=O)o2)cc1. The number of thiocarbonyl (C=S) groups is 1. The lowest BCUT2D eigenvalue weighted by Gasteiger charge is -2.14. The second kappa shape index (κ2) is 9.09. The maximum Gasteiger partial charge on any atom is 0.338 e. The van der Waals surface area contributed by atoms with E-state index in [1.54, 1.807) is 67.6 Å². The highest BCUT2D eigenvalue weighted by atomic mass is 35.5. The van der Waals surface area contributed by atoms with Crippen LogP contribution in [0.15, 0.2) is 70.0 Å². The zero-order valence-electron chi connectivity index (χ0n) is 16.3. The molecular weight excluding hydrogens is 454 g/mol. The lowest BCUT2D eigenvalue weighted by molar-refractivity contribution is -0.113. The average Bonchev–Trinajstić information content (AvgIpc) is 3.33. The van der Waals surface area contributed by atoms with Gasteiger partial charge in [0.25, 0.3) is 5.91 Å². The van der Waals surface area contributed by atoms with Crippen molar-refractivity contribution in [3.63, 3.8) is 0 Å². The summed E-state index contributed by atoms with van der Waals surface area (Å²) in [7, 11) is 0. The topological polar surface area (TPSA) is 59.8 Å². The van der Waals surface area contributed by atoms with Crippen molar-refractivity contribution in [1.82, 2.24) is 0 Å². The highest BCUT2D eigenvalue weighted by Crippen LogP contribution is 2.37. The number of rotatable bonds is 5. The minimum atomic E-state index is -0.365. The fourth-order valence-electron chi connectivity index (χ4n) is 3.01. The Labute approximate surface area is 193 Å². The van der Waals surface area contributed by atoms with Crippen LogP contribution in [0.3, 0.4) is 0 Å². The monoisotopic (exact) mass is 469 g/mol. The zero-order chi connectivity index (χ0) is 22.0. The number of ether oxygens (including phenoxy) is 1. The number of carbonyl (C=O) groups excluding carboxylic acids is 2. The maximum atomic E-state index is 12.9. The summed E-state index contributed by atoms with van der Waals surface area (Å²) < 4.78 is 11.3. The third-order valence-corrected chi connectivity index (χ3v) is 5.98. The third kappa shape index (κ3) is 4.58. The summed E-state index contributed by atoms with van der Waals surface area (Å²) >= 11 is 12.6. The van der Waals surface area contributed by atoms with Gasteiger partial charge in [0.2, 0.25) is 0 Å². The number of anilines is 1. The molecule has 3 aromatic rings. The molecule has 1 aliphatic heterocycles. The molecule has 1 saturated heterocycles. The first kappa shape index (κ1) is 21.4. The van der Waals surface area contributed by atoms with Crippen molar-refractivity contribution in [2.45, 2.75) is 6.92 Å². The lowest BCUT2D eigenvalue weighted by atomic mass is 10.1. The van der Waals surface area contributed by atoms with Crippen LogP contribution in [0.5, 0.6) is 0 Å². The van der Waals surface area contributed by atoms with Gasteiger partial charge in [0.15, 0.2) is 4.32 Å². The number of benzene rings is 2. The van der Waals surface area contributed by atoms with Gasteiger partial charge in [-0.3, -0.25) is 9.69 Å². The zero-order valence-corrected chi connectivity index (χ0v) is 18.7. The molecule has 2 heterocycles. The quantitative estimate of drug-likeness (QED) is 0.252. The molecule has 0 bridgehead atoms. The van der Waals surface area contributed by atoms with Crippen molar-refractivity contribution in [2.24, 2.45) is 0 Å². The molecule has 156 valence electrons. The van der Waals surface area contributed by atoms with E-state index in [1.165, 1.54) is 16.7 Å². The Balaban J connectivity index is 1.54. The molecule has 1 amide bonds. The summed E-state index contributed by atoms with van der Waals surface area (Å²) in [6.07, 6.45) is 1.67. The minimum absolute atomic E-state index is 0.228. The molecule has 0 unspecified atom stereocenters. The van der Waals surface area contributed by atoms with Crippen LogP contribution in [0, 0.1) is 0 Å². The molecule has 8 heteroatoms. The first-order chi connectivity index (χ1) is 15.0. The summed E-state index contributed by atoms with van der Waals surface area (Å²) in [4.78, 5) is 26.6. The Hall–Kier alpha value is -2.87. The molecule has 31 heavy (non-hydrogen) atoms. The van der Waals surface area contributed by atoms with Crippen molar-refractivity contribution in [3.8, 4) is 11.3 Å². The molecule has 0 N–H and O–H groups in total. The summed E-state index contributed by atoms with van der Waals surface area (Å²) in [6, 6.07) is 17.5. The van der Waals surface area contributed by atoms with E-state index in [9.17, 15) is 9.59 Å². The molecule has 1 aromatic heterocycles. The molecule has 0 spiro atoms. The van der Waals surface area contributed by atoms with E-state index in [1.807, 2.05) is 6.07 Å². The molecule has 5 nitrogen and oxygen atoms in total. The van der Waals surface area contributed by atoms with Crippen LogP contribution >= 0.6 is 35.6 Å². The van der Waals surface area contributed by atoms with Crippen LogP contribution in [0.25, 0.3) is 17.4 Å². The number of carbonyl (C=O) groups is 2. The van der Waals surface area contributed by atoms with Crippen molar-refractivity contribution in [3.05, 3.63) is 81.9 Å². The standard InChI is InChI=1S/C23H16ClNO4S2/c1-2-28-22(27)15-8-6-14(7-9-15)19-11-10-18(29-19)13-20-21(26)25(23(30)31-20)17-5-3-4-16(24)12-17/h3-13H,2H2,1H3/b20-13+. The number of esters is 1. The van der Waals surface area contributed by atoms with E-state index in [-0.39, 0.29) is 11.9 Å². The van der Waals surface area contributed by atoms with Crippen molar-refractivity contribution in [1.29, 1.82) is 0 Å². The number of halogens is 1. The maximum absolute atomic E-state index is 12.9. The van der Waals surface area contributed by atoms with Crippen LogP contribution in [0.2, 0.25) is 5.02 Å². The molecule has 0 saturated carbocycles. The number of hydrogen-bond acceptors (Lipinski definition) is 6. The molecule has 4 rings (SSSR count). The second-order valence-corrected chi connectivity index (χ2v) is 8.61. The Morgan fingerprint density at radius 1 is 1.19 bits per heavy atom. The Morgan fingerprint density at radius 3 is 2.68 bits per heavy atom. The molecule has 0 aliphatic carbocycles. The fourth-order valence-corrected chi connectivity index (χ4v) is 4.47. The van der Waals surface area contributed by atoms with Crippen LogP contribution in [0.4, 0.5) is 5.69 Å². The van der Waals surface area contributed by atoms with Gasteiger partial charge in [-0.25, -0.2) is 4.79 Å². The van der Waals surface area contributed by atoms with Crippen LogP contribution in [-0.2, 0) is 9.53 Å². The van der Waals surface area contributed by atoms with Crippen molar-refractivity contribution < 1.29 is 18.7 Å². The number of amides is 1. The average molecular weight is 470 g/mol. The number of thioether (sulfide) groups is 1. The molecule has 1 fully saturated rings. The van der Waals surface area contributed by atoms with Crippen LogP contribution < -0.4 is 4.90 Å². The number of hydrogen-bond donors (Lipinski definition) is 0. The molecular formula is C23H16ClNO4S2. The van der Waals surface area contributed by atoms with Gasteiger partial charge < -0.3 is 9.15 Å². The second-order valence-electron chi connectivity index (χ2n) is 6.50. The fraction of sp³-hybridized carbons (Fsp3) is 0.0870. The molecule has 2 aromatic carbocycles. The van der Waals surface area contributed by atoms with E-state index in [0.29, 0.717) is 43.6 Å².